The van der Waals surface area contributed by atoms with Crippen LogP contribution in [0.2, 0.25) is 0 Å². The van der Waals surface area contributed by atoms with Gasteiger partial charge in [0.1, 0.15) is 0 Å². The molecule has 2 aromatic rings. The summed E-state index contributed by atoms with van der Waals surface area (Å²) in [6.07, 6.45) is 2.53. The van der Waals surface area contributed by atoms with Crippen LogP contribution in [0.5, 0.6) is 0 Å². The second-order valence-electron chi connectivity index (χ2n) is 6.01. The highest BCUT2D eigenvalue weighted by molar-refractivity contribution is 6.00. The summed E-state index contributed by atoms with van der Waals surface area (Å²) in [5, 5.41) is 5.71. The van der Waals surface area contributed by atoms with E-state index in [1.54, 1.807) is 24.3 Å². The van der Waals surface area contributed by atoms with Gasteiger partial charge in [-0.25, -0.2) is 9.59 Å². The smallest absolute Gasteiger partial charge is 0.340 e. The predicted octanol–water partition coefficient (Wildman–Crippen LogP) is 4.92. The van der Waals surface area contributed by atoms with Crippen molar-refractivity contribution in [3.05, 3.63) is 65.7 Å². The number of ether oxygens (including phenoxy) is 1. The van der Waals surface area contributed by atoms with E-state index in [1.807, 2.05) is 44.2 Å². The molecule has 0 saturated heterocycles. The Bertz CT molecular complexity index is 716. The van der Waals surface area contributed by atoms with Crippen LogP contribution >= 0.6 is 0 Å². The van der Waals surface area contributed by atoms with Crippen LogP contribution in [-0.4, -0.2) is 18.6 Å². The number of unbranched alkanes of at least 4 members (excludes halogenated alkanes) is 1. The Labute approximate surface area is 154 Å². The highest BCUT2D eigenvalue weighted by Crippen LogP contribution is 2.19. The number of nitrogens with one attached hydrogen (secondary N) is 2. The third kappa shape index (κ3) is 5.62. The summed E-state index contributed by atoms with van der Waals surface area (Å²) < 4.78 is 5.25. The molecule has 0 bridgehead atoms. The molecule has 0 aliphatic carbocycles. The zero-order chi connectivity index (χ0) is 18.8. The molecule has 26 heavy (non-hydrogen) atoms. The predicted molar refractivity (Wildman–Crippen MR) is 103 cm³/mol. The van der Waals surface area contributed by atoms with Crippen molar-refractivity contribution >= 4 is 17.7 Å². The fraction of sp³-hybridized carbons (Fsp3) is 0.333. The largest absolute Gasteiger partial charge is 0.462 e. The average Bonchev–Trinajstić information content (AvgIpc) is 2.67. The maximum atomic E-state index is 12.4. The number of benzene rings is 2. The summed E-state index contributed by atoms with van der Waals surface area (Å²) in [6.45, 7) is 4.42. The van der Waals surface area contributed by atoms with Gasteiger partial charge < -0.3 is 15.4 Å². The number of para-hydroxylation sites is 1. The Hall–Kier alpha value is -2.82. The Morgan fingerprint density at radius 2 is 1.69 bits per heavy atom. The molecule has 5 heteroatoms. The van der Waals surface area contributed by atoms with Gasteiger partial charge in [-0.3, -0.25) is 0 Å². The number of esters is 1. The van der Waals surface area contributed by atoms with E-state index < -0.39 is 5.97 Å². The van der Waals surface area contributed by atoms with Crippen LogP contribution in [-0.2, 0) is 4.74 Å². The first-order valence-corrected chi connectivity index (χ1v) is 9.04. The molecule has 0 aliphatic heterocycles. The van der Waals surface area contributed by atoms with Crippen LogP contribution in [0, 0.1) is 0 Å². The van der Waals surface area contributed by atoms with Crippen molar-refractivity contribution in [2.75, 3.05) is 11.9 Å². The number of anilines is 1. The quantitative estimate of drug-likeness (QED) is 0.522. The molecule has 0 radical (unpaired) electrons. The number of carbonyl (C=O) groups excluding carboxylic acids is 2. The van der Waals surface area contributed by atoms with E-state index in [-0.39, 0.29) is 12.1 Å². The van der Waals surface area contributed by atoms with E-state index in [2.05, 4.69) is 10.6 Å². The van der Waals surface area contributed by atoms with E-state index in [9.17, 15) is 9.59 Å². The van der Waals surface area contributed by atoms with E-state index >= 15 is 0 Å². The van der Waals surface area contributed by atoms with Gasteiger partial charge in [-0.05, 0) is 30.5 Å². The highest BCUT2D eigenvalue weighted by atomic mass is 16.5. The zero-order valence-electron chi connectivity index (χ0n) is 15.3. The van der Waals surface area contributed by atoms with Crippen molar-refractivity contribution < 1.29 is 14.3 Å². The number of amides is 2. The molecule has 0 aliphatic rings. The van der Waals surface area contributed by atoms with Gasteiger partial charge >= 0.3 is 12.0 Å². The molecule has 0 fully saturated rings. The summed E-state index contributed by atoms with van der Waals surface area (Å²) in [4.78, 5) is 24.6. The van der Waals surface area contributed by atoms with Gasteiger partial charge in [0.15, 0.2) is 0 Å². The Kier molecular flexibility index (Phi) is 7.68. The lowest BCUT2D eigenvalue weighted by atomic mass is 10.1. The Morgan fingerprint density at radius 3 is 2.38 bits per heavy atom. The SMILES string of the molecule is CCCCOC(=O)c1ccccc1NC(=O)NC(CC)c1ccccc1. The van der Waals surface area contributed by atoms with E-state index in [4.69, 9.17) is 4.74 Å². The molecule has 138 valence electrons. The summed E-state index contributed by atoms with van der Waals surface area (Å²) >= 11 is 0. The van der Waals surface area contributed by atoms with Crippen LogP contribution in [0.3, 0.4) is 0 Å². The van der Waals surface area contributed by atoms with Crippen molar-refractivity contribution in [3.63, 3.8) is 0 Å². The third-order valence-electron chi connectivity index (χ3n) is 4.04. The monoisotopic (exact) mass is 354 g/mol. The lowest BCUT2D eigenvalue weighted by Gasteiger charge is -2.18. The summed E-state index contributed by atoms with van der Waals surface area (Å²) in [7, 11) is 0. The molecule has 0 heterocycles. The minimum atomic E-state index is -0.426. The number of hydrogen-bond donors (Lipinski definition) is 2. The minimum absolute atomic E-state index is 0.0973. The summed E-state index contributed by atoms with van der Waals surface area (Å²) in [5.41, 5.74) is 1.83. The number of rotatable bonds is 8. The molecule has 0 saturated carbocycles. The topological polar surface area (TPSA) is 67.4 Å². The third-order valence-corrected chi connectivity index (χ3v) is 4.04. The molecule has 1 unspecified atom stereocenters. The van der Waals surface area contributed by atoms with Crippen molar-refractivity contribution in [2.24, 2.45) is 0 Å². The van der Waals surface area contributed by atoms with E-state index in [1.165, 1.54) is 0 Å². The van der Waals surface area contributed by atoms with E-state index in [0.29, 0.717) is 17.9 Å². The van der Waals surface area contributed by atoms with Gasteiger partial charge in [-0.15, -0.1) is 0 Å². The molecule has 2 N–H and O–H groups in total. The van der Waals surface area contributed by atoms with Crippen molar-refractivity contribution in [1.82, 2.24) is 5.32 Å². The van der Waals surface area contributed by atoms with Gasteiger partial charge in [-0.1, -0.05) is 62.7 Å². The molecule has 0 aromatic heterocycles. The van der Waals surface area contributed by atoms with Gasteiger partial charge in [0.25, 0.3) is 0 Å². The maximum absolute atomic E-state index is 12.4. The van der Waals surface area contributed by atoms with Crippen LogP contribution in [0.15, 0.2) is 54.6 Å². The van der Waals surface area contributed by atoms with Gasteiger partial charge in [0.05, 0.1) is 23.9 Å². The van der Waals surface area contributed by atoms with Crippen LogP contribution in [0.25, 0.3) is 0 Å². The minimum Gasteiger partial charge on any atom is -0.462 e. The van der Waals surface area contributed by atoms with Crippen LogP contribution < -0.4 is 10.6 Å². The number of urea groups is 1. The average molecular weight is 354 g/mol. The van der Waals surface area contributed by atoms with Crippen molar-refractivity contribution in [2.45, 2.75) is 39.2 Å². The maximum Gasteiger partial charge on any atom is 0.340 e. The highest BCUT2D eigenvalue weighted by Gasteiger charge is 2.16. The van der Waals surface area contributed by atoms with Gasteiger partial charge in [0, 0.05) is 0 Å². The number of carbonyl (C=O) groups is 2. The zero-order valence-corrected chi connectivity index (χ0v) is 15.3. The molecule has 2 rings (SSSR count). The lowest BCUT2D eigenvalue weighted by molar-refractivity contribution is 0.0501. The first-order chi connectivity index (χ1) is 12.7. The standard InChI is InChI=1S/C21H26N2O3/c1-3-5-15-26-20(24)17-13-9-10-14-19(17)23-21(25)22-18(4-2)16-11-7-6-8-12-16/h6-14,18H,3-5,15H2,1-2H3,(H2,22,23,25). The fourth-order valence-electron chi connectivity index (χ4n) is 2.58. The van der Waals surface area contributed by atoms with Crippen LogP contribution in [0.4, 0.5) is 10.5 Å². The molecular weight excluding hydrogens is 328 g/mol. The second-order valence-corrected chi connectivity index (χ2v) is 6.01. The van der Waals surface area contributed by atoms with Crippen molar-refractivity contribution in [1.29, 1.82) is 0 Å². The van der Waals surface area contributed by atoms with E-state index in [0.717, 1.165) is 24.8 Å². The molecule has 2 amide bonds. The van der Waals surface area contributed by atoms with Gasteiger partial charge in [0.2, 0.25) is 0 Å². The lowest BCUT2D eigenvalue weighted by Crippen LogP contribution is -2.32. The molecule has 2 aromatic carbocycles. The molecule has 0 spiro atoms. The molecule has 5 nitrogen and oxygen atoms in total. The molecular formula is C21H26N2O3. The first kappa shape index (κ1) is 19.5. The number of hydrogen-bond acceptors (Lipinski definition) is 3. The second kappa shape index (κ2) is 10.2. The van der Waals surface area contributed by atoms with Crippen molar-refractivity contribution in [3.8, 4) is 0 Å². The fourth-order valence-corrected chi connectivity index (χ4v) is 2.58. The first-order valence-electron chi connectivity index (χ1n) is 9.04. The summed E-state index contributed by atoms with van der Waals surface area (Å²) in [5.74, 6) is -0.426. The van der Waals surface area contributed by atoms with Gasteiger partial charge in [-0.2, -0.15) is 0 Å². The molecule has 1 atom stereocenters. The Morgan fingerprint density at radius 1 is 1.00 bits per heavy atom. The van der Waals surface area contributed by atoms with Crippen LogP contribution in [0.1, 0.15) is 55.1 Å². The normalized spacial score (nSPS) is 11.5. The Balaban J connectivity index is 2.03. The summed E-state index contributed by atoms with van der Waals surface area (Å²) in [6, 6.07) is 16.2.